The fraction of sp³-hybridized carbons (Fsp3) is 0.522. The van der Waals surface area contributed by atoms with Gasteiger partial charge in [-0.05, 0) is 49.2 Å². The Morgan fingerprint density at radius 3 is 1.23 bits per heavy atom. The maximum atomic E-state index is 13.1. The first-order valence-electron chi connectivity index (χ1n) is 19.6. The van der Waals surface area contributed by atoms with E-state index in [-0.39, 0.29) is 35.9 Å². The van der Waals surface area contributed by atoms with Crippen molar-refractivity contribution in [1.82, 2.24) is 0 Å². The van der Waals surface area contributed by atoms with Gasteiger partial charge in [-0.1, -0.05) is 102 Å². The summed E-state index contributed by atoms with van der Waals surface area (Å²) in [5.41, 5.74) is 1.97. The average molecular weight is 777 g/mol. The summed E-state index contributed by atoms with van der Waals surface area (Å²) in [6.45, 7) is 16.0. The first-order valence-corrected chi connectivity index (χ1v) is 19.6. The van der Waals surface area contributed by atoms with E-state index in [1.807, 2.05) is 116 Å². The summed E-state index contributed by atoms with van der Waals surface area (Å²) in [4.78, 5) is 26.3. The number of rotatable bonds is 16. The zero-order valence-corrected chi connectivity index (χ0v) is 34.7. The van der Waals surface area contributed by atoms with Crippen LogP contribution in [0.3, 0.4) is 0 Å². The number of hydrogen-bond donors (Lipinski definition) is 2. The smallest absolute Gasteiger partial charge is 0.331 e. The van der Waals surface area contributed by atoms with Gasteiger partial charge in [-0.2, -0.15) is 0 Å². The number of methoxy groups -OCH3 is 2. The van der Waals surface area contributed by atoms with E-state index in [0.717, 1.165) is 22.6 Å². The molecule has 0 fully saturated rings. The van der Waals surface area contributed by atoms with Crippen LogP contribution < -0.4 is 9.47 Å². The summed E-state index contributed by atoms with van der Waals surface area (Å²) in [5.74, 6) is -1.66. The van der Waals surface area contributed by atoms with Crippen molar-refractivity contribution in [1.29, 1.82) is 0 Å². The molecule has 56 heavy (non-hydrogen) atoms. The lowest BCUT2D eigenvalue weighted by Crippen LogP contribution is -2.43. The molecule has 0 spiro atoms. The highest BCUT2D eigenvalue weighted by Crippen LogP contribution is 2.30. The second kappa shape index (κ2) is 23.1. The van der Waals surface area contributed by atoms with Crippen molar-refractivity contribution < 1.29 is 48.2 Å². The second-order valence-corrected chi connectivity index (χ2v) is 15.2. The van der Waals surface area contributed by atoms with Crippen LogP contribution in [0.4, 0.5) is 0 Å². The Balaban J connectivity index is 1.69. The number of ether oxygens (including phenoxy) is 6. The van der Waals surface area contributed by atoms with Crippen LogP contribution in [0.2, 0.25) is 0 Å². The van der Waals surface area contributed by atoms with Crippen molar-refractivity contribution >= 4 is 11.9 Å². The van der Waals surface area contributed by atoms with Crippen LogP contribution in [-0.4, -0.2) is 73.0 Å². The van der Waals surface area contributed by atoms with Gasteiger partial charge in [0.25, 0.3) is 0 Å². The lowest BCUT2D eigenvalue weighted by molar-refractivity contribution is -0.153. The molecule has 0 saturated carbocycles. The van der Waals surface area contributed by atoms with Crippen LogP contribution in [-0.2, 0) is 41.8 Å². The standard InChI is InChI=1S/C46H64O10/c1-29-15-11-13-17-42(48)56-46(34(6)44(50)32(4)36(8)54-28-38-21-25-40(52-10)26-22-38)30(2)16-12-14-18-41(47)55-45(29)33(5)43(49)31(3)35(7)53-27-37-19-23-39(51-9)24-20-37/h11-26,29-36,43-46,49-50H,27-28H2,1-10H3/b15-11+,16-12+,17-13+,18-14+/t29-,30-,31+,32+,33-,34-,35+,36+,43-,44-,45-,46-/m0/s1. The molecule has 3 rings (SSSR count). The molecule has 2 N–H and O–H groups in total. The molecule has 0 amide bonds. The summed E-state index contributed by atoms with van der Waals surface area (Å²) in [6.07, 6.45) is 9.27. The highest BCUT2D eigenvalue weighted by Gasteiger charge is 2.37. The third-order valence-corrected chi connectivity index (χ3v) is 11.1. The molecule has 308 valence electrons. The van der Waals surface area contributed by atoms with Crippen molar-refractivity contribution in [2.24, 2.45) is 35.5 Å². The second-order valence-electron chi connectivity index (χ2n) is 15.2. The van der Waals surface area contributed by atoms with E-state index in [0.29, 0.717) is 13.2 Å². The van der Waals surface area contributed by atoms with Crippen LogP contribution in [0.25, 0.3) is 0 Å². The molecule has 1 heterocycles. The number of aliphatic hydroxyl groups is 2. The van der Waals surface area contributed by atoms with Crippen molar-refractivity contribution in [2.45, 2.75) is 105 Å². The van der Waals surface area contributed by atoms with Gasteiger partial charge in [0, 0.05) is 47.7 Å². The fourth-order valence-corrected chi connectivity index (χ4v) is 6.80. The number of carbonyl (C=O) groups excluding carboxylic acids is 2. The molecule has 0 bridgehead atoms. The van der Waals surface area contributed by atoms with E-state index < -0.39 is 48.2 Å². The predicted octanol–water partition coefficient (Wildman–Crippen LogP) is 7.81. The van der Waals surface area contributed by atoms with Gasteiger partial charge in [-0.3, -0.25) is 0 Å². The van der Waals surface area contributed by atoms with E-state index in [2.05, 4.69) is 0 Å². The Bertz CT molecular complexity index is 1480. The highest BCUT2D eigenvalue weighted by atomic mass is 16.6. The molecule has 10 heteroatoms. The molecular formula is C46H64O10. The number of hydrogen-bond acceptors (Lipinski definition) is 10. The molecule has 12 atom stereocenters. The monoisotopic (exact) mass is 776 g/mol. The Morgan fingerprint density at radius 2 is 0.911 bits per heavy atom. The lowest BCUT2D eigenvalue weighted by atomic mass is 9.82. The van der Waals surface area contributed by atoms with Gasteiger partial charge < -0.3 is 38.6 Å². The van der Waals surface area contributed by atoms with Gasteiger partial charge in [0.1, 0.15) is 23.7 Å². The average Bonchev–Trinajstić information content (AvgIpc) is 3.21. The van der Waals surface area contributed by atoms with E-state index in [4.69, 9.17) is 28.4 Å². The molecule has 1 aliphatic heterocycles. The van der Waals surface area contributed by atoms with Crippen molar-refractivity contribution in [3.63, 3.8) is 0 Å². The molecule has 10 nitrogen and oxygen atoms in total. The minimum Gasteiger partial charge on any atom is -0.497 e. The summed E-state index contributed by atoms with van der Waals surface area (Å²) in [5, 5.41) is 23.0. The minimum absolute atomic E-state index is 0.278. The topological polar surface area (TPSA) is 130 Å². The molecule has 2 aromatic rings. The number of aliphatic hydroxyl groups excluding tert-OH is 2. The predicted molar refractivity (Wildman–Crippen MR) is 218 cm³/mol. The quantitative estimate of drug-likeness (QED) is 0.163. The number of esters is 2. The summed E-state index contributed by atoms with van der Waals surface area (Å²) >= 11 is 0. The van der Waals surface area contributed by atoms with Gasteiger partial charge in [0.15, 0.2) is 0 Å². The Kier molecular flexibility index (Phi) is 19.1. The summed E-state index contributed by atoms with van der Waals surface area (Å²) in [6, 6.07) is 15.3. The van der Waals surface area contributed by atoms with Gasteiger partial charge >= 0.3 is 11.9 Å². The van der Waals surface area contributed by atoms with Gasteiger partial charge in [0.2, 0.25) is 0 Å². The Hall–Kier alpha value is -4.22. The molecular weight excluding hydrogens is 712 g/mol. The first-order chi connectivity index (χ1) is 26.7. The van der Waals surface area contributed by atoms with E-state index in [1.165, 1.54) is 12.2 Å². The van der Waals surface area contributed by atoms with Gasteiger partial charge in [-0.15, -0.1) is 0 Å². The minimum atomic E-state index is -0.851. The molecule has 2 aromatic carbocycles. The van der Waals surface area contributed by atoms with Crippen LogP contribution >= 0.6 is 0 Å². The van der Waals surface area contributed by atoms with Crippen molar-refractivity contribution in [3.05, 3.63) is 108 Å². The SMILES string of the molecule is COc1ccc(CO[C@H](C)[C@@H](C)[C@H](O)[C@H](C)[C@H]2OC(=O)/C=C/C=C/[C@H](C)[C@@H]([C@@H](C)[C@@H](O)[C@H](C)[C@@H](C)OCc3ccc(OC)cc3)OC(=O)/C=C/C=C/[C@@H]2C)cc1. The van der Waals surface area contributed by atoms with Gasteiger partial charge in [0.05, 0.1) is 51.8 Å². The van der Waals surface area contributed by atoms with E-state index >= 15 is 0 Å². The van der Waals surface area contributed by atoms with Crippen molar-refractivity contribution in [3.8, 4) is 11.5 Å². The molecule has 0 aliphatic carbocycles. The number of benzene rings is 2. The highest BCUT2D eigenvalue weighted by molar-refractivity contribution is 5.83. The maximum Gasteiger partial charge on any atom is 0.331 e. The normalized spacial score (nSPS) is 26.1. The maximum absolute atomic E-state index is 13.1. The van der Waals surface area contributed by atoms with Crippen LogP contribution in [0.5, 0.6) is 11.5 Å². The Morgan fingerprint density at radius 1 is 0.571 bits per heavy atom. The molecule has 1 aliphatic rings. The van der Waals surface area contributed by atoms with Crippen molar-refractivity contribution in [2.75, 3.05) is 14.2 Å². The van der Waals surface area contributed by atoms with Crippen LogP contribution in [0.15, 0.2) is 97.1 Å². The number of carbonyl (C=O) groups is 2. The zero-order chi connectivity index (χ0) is 41.4. The number of cyclic esters (lactones) is 2. The summed E-state index contributed by atoms with van der Waals surface area (Å²) in [7, 11) is 3.24. The molecule has 0 aromatic heterocycles. The number of allylic oxidation sites excluding steroid dienone is 4. The zero-order valence-electron chi connectivity index (χ0n) is 34.7. The van der Waals surface area contributed by atoms with E-state index in [9.17, 15) is 19.8 Å². The molecule has 0 radical (unpaired) electrons. The molecule has 0 saturated heterocycles. The fourth-order valence-electron chi connectivity index (χ4n) is 6.80. The van der Waals surface area contributed by atoms with E-state index in [1.54, 1.807) is 38.5 Å². The molecule has 0 unspecified atom stereocenters. The Labute approximate surface area is 334 Å². The largest absolute Gasteiger partial charge is 0.497 e. The van der Waals surface area contributed by atoms with Crippen LogP contribution in [0.1, 0.15) is 66.5 Å². The third kappa shape index (κ3) is 14.1. The third-order valence-electron chi connectivity index (χ3n) is 11.1. The van der Waals surface area contributed by atoms with Crippen LogP contribution in [0, 0.1) is 35.5 Å². The van der Waals surface area contributed by atoms with Gasteiger partial charge in [-0.25, -0.2) is 9.59 Å². The summed E-state index contributed by atoms with van der Waals surface area (Å²) < 4.78 is 34.7. The first kappa shape index (κ1) is 46.2. The lowest BCUT2D eigenvalue weighted by Gasteiger charge is -2.35.